The van der Waals surface area contributed by atoms with Gasteiger partial charge in [0.1, 0.15) is 11.6 Å². The van der Waals surface area contributed by atoms with E-state index in [9.17, 15) is 0 Å². The van der Waals surface area contributed by atoms with Crippen LogP contribution in [0.15, 0.2) is 72.6 Å². The number of nitrogens with zero attached hydrogens (tertiary/aromatic N) is 3. The molecule has 3 aromatic heterocycles. The standard InChI is InChI=1S/C20H22N6/c1-13(2)15(12-21)11-18(22)25-19-4-3-17-20(26-19)16(7-10-24-17)14-5-8-23-9-6-14/h3-13H,21-22H2,1-2H3,(H,25,26)/b15-12+,18-11+. The second-order valence-electron chi connectivity index (χ2n) is 6.20. The number of hydrogen-bond acceptors (Lipinski definition) is 6. The van der Waals surface area contributed by atoms with Crippen LogP contribution in [0.2, 0.25) is 0 Å². The molecule has 0 aliphatic heterocycles. The van der Waals surface area contributed by atoms with Gasteiger partial charge in [-0.25, -0.2) is 4.98 Å². The summed E-state index contributed by atoms with van der Waals surface area (Å²) in [7, 11) is 0. The highest BCUT2D eigenvalue weighted by Crippen LogP contribution is 2.26. The molecule has 0 aliphatic carbocycles. The molecule has 3 heterocycles. The Morgan fingerprint density at radius 3 is 2.54 bits per heavy atom. The second-order valence-corrected chi connectivity index (χ2v) is 6.20. The van der Waals surface area contributed by atoms with Crippen LogP contribution in [0.3, 0.4) is 0 Å². The molecule has 0 unspecified atom stereocenters. The topological polar surface area (TPSA) is 103 Å². The Morgan fingerprint density at radius 2 is 1.85 bits per heavy atom. The Bertz CT molecular complexity index is 960. The van der Waals surface area contributed by atoms with Gasteiger partial charge in [-0.2, -0.15) is 0 Å². The van der Waals surface area contributed by atoms with Gasteiger partial charge in [0, 0.05) is 24.2 Å². The van der Waals surface area contributed by atoms with E-state index < -0.39 is 0 Å². The van der Waals surface area contributed by atoms with Gasteiger partial charge < -0.3 is 16.8 Å². The van der Waals surface area contributed by atoms with Crippen LogP contribution in [0, 0.1) is 5.92 Å². The molecule has 0 aliphatic rings. The third-order valence-corrected chi connectivity index (χ3v) is 4.03. The molecule has 5 N–H and O–H groups in total. The van der Waals surface area contributed by atoms with Crippen LogP contribution in [-0.2, 0) is 0 Å². The maximum absolute atomic E-state index is 6.10. The predicted molar refractivity (Wildman–Crippen MR) is 106 cm³/mol. The summed E-state index contributed by atoms with van der Waals surface area (Å²) in [4.78, 5) is 13.2. The maximum atomic E-state index is 6.10. The summed E-state index contributed by atoms with van der Waals surface area (Å²) in [5.41, 5.74) is 16.4. The van der Waals surface area contributed by atoms with Crippen LogP contribution in [0.5, 0.6) is 0 Å². The number of nitrogens with one attached hydrogen (secondary N) is 1. The Kier molecular flexibility index (Phi) is 5.12. The summed E-state index contributed by atoms with van der Waals surface area (Å²) in [5, 5.41) is 3.12. The summed E-state index contributed by atoms with van der Waals surface area (Å²) >= 11 is 0. The van der Waals surface area contributed by atoms with Gasteiger partial charge in [0.05, 0.1) is 11.0 Å². The highest BCUT2D eigenvalue weighted by atomic mass is 15.1. The minimum atomic E-state index is 0.285. The third-order valence-electron chi connectivity index (χ3n) is 4.03. The average molecular weight is 346 g/mol. The quantitative estimate of drug-likeness (QED) is 0.612. The molecule has 6 heteroatoms. The molecule has 0 saturated heterocycles. The van der Waals surface area contributed by atoms with Crippen molar-refractivity contribution >= 4 is 16.9 Å². The van der Waals surface area contributed by atoms with E-state index in [1.165, 1.54) is 0 Å². The first-order chi connectivity index (χ1) is 12.6. The fourth-order valence-electron chi connectivity index (χ4n) is 2.63. The van der Waals surface area contributed by atoms with Crippen molar-refractivity contribution in [3.8, 4) is 11.1 Å². The largest absolute Gasteiger partial charge is 0.404 e. The molecule has 0 radical (unpaired) electrons. The number of nitrogens with two attached hydrogens (primary N) is 2. The minimum absolute atomic E-state index is 0.285. The van der Waals surface area contributed by atoms with Crippen molar-refractivity contribution < 1.29 is 0 Å². The first-order valence-electron chi connectivity index (χ1n) is 8.40. The van der Waals surface area contributed by atoms with Crippen molar-refractivity contribution in [3.05, 3.63) is 72.6 Å². The van der Waals surface area contributed by atoms with Crippen molar-refractivity contribution in [2.75, 3.05) is 5.32 Å². The van der Waals surface area contributed by atoms with Gasteiger partial charge in [-0.15, -0.1) is 0 Å². The van der Waals surface area contributed by atoms with Gasteiger partial charge in [-0.1, -0.05) is 13.8 Å². The van der Waals surface area contributed by atoms with E-state index in [1.807, 2.05) is 36.4 Å². The molecule has 0 spiro atoms. The Hall–Kier alpha value is -3.41. The summed E-state index contributed by atoms with van der Waals surface area (Å²) in [5.74, 6) is 1.42. The molecule has 6 nitrogen and oxygen atoms in total. The van der Waals surface area contributed by atoms with Crippen LogP contribution in [0.4, 0.5) is 5.82 Å². The Morgan fingerprint density at radius 1 is 1.08 bits per heavy atom. The lowest BCUT2D eigenvalue weighted by Crippen LogP contribution is -2.12. The maximum Gasteiger partial charge on any atom is 0.132 e. The van der Waals surface area contributed by atoms with Gasteiger partial charge in [0.2, 0.25) is 0 Å². The van der Waals surface area contributed by atoms with Crippen molar-refractivity contribution in [2.45, 2.75) is 13.8 Å². The highest BCUT2D eigenvalue weighted by Gasteiger charge is 2.08. The van der Waals surface area contributed by atoms with Crippen LogP contribution < -0.4 is 16.8 Å². The number of anilines is 1. The van der Waals surface area contributed by atoms with Gasteiger partial charge in [-0.05, 0) is 59.7 Å². The van der Waals surface area contributed by atoms with Crippen molar-refractivity contribution in [1.29, 1.82) is 0 Å². The normalized spacial score (nSPS) is 12.6. The zero-order valence-electron chi connectivity index (χ0n) is 14.8. The van der Waals surface area contributed by atoms with Gasteiger partial charge in [0.15, 0.2) is 0 Å². The first-order valence-corrected chi connectivity index (χ1v) is 8.40. The lowest BCUT2D eigenvalue weighted by molar-refractivity contribution is 0.786. The Labute approximate surface area is 152 Å². The summed E-state index contributed by atoms with van der Waals surface area (Å²) in [6.45, 7) is 4.12. The zero-order valence-corrected chi connectivity index (χ0v) is 14.8. The number of allylic oxidation sites excluding steroid dienone is 2. The number of hydrogen-bond donors (Lipinski definition) is 3. The van der Waals surface area contributed by atoms with Crippen LogP contribution in [0.1, 0.15) is 13.8 Å². The molecule has 26 heavy (non-hydrogen) atoms. The van der Waals surface area contributed by atoms with E-state index >= 15 is 0 Å². The van der Waals surface area contributed by atoms with Gasteiger partial charge in [0.25, 0.3) is 0 Å². The summed E-state index contributed by atoms with van der Waals surface area (Å²) in [6, 6.07) is 9.62. The van der Waals surface area contributed by atoms with Gasteiger partial charge >= 0.3 is 0 Å². The van der Waals surface area contributed by atoms with E-state index in [0.717, 1.165) is 27.7 Å². The van der Waals surface area contributed by atoms with Crippen molar-refractivity contribution in [3.63, 3.8) is 0 Å². The molecule has 3 rings (SSSR count). The highest BCUT2D eigenvalue weighted by molar-refractivity contribution is 5.91. The Balaban J connectivity index is 1.98. The molecular weight excluding hydrogens is 324 g/mol. The number of pyridine rings is 3. The zero-order chi connectivity index (χ0) is 18.5. The molecule has 0 atom stereocenters. The molecule has 132 valence electrons. The van der Waals surface area contributed by atoms with Crippen molar-refractivity contribution in [2.24, 2.45) is 17.4 Å². The summed E-state index contributed by atoms with van der Waals surface area (Å²) in [6.07, 6.45) is 8.69. The fourth-order valence-corrected chi connectivity index (χ4v) is 2.63. The van der Waals surface area contributed by atoms with Crippen LogP contribution >= 0.6 is 0 Å². The summed E-state index contributed by atoms with van der Waals surface area (Å²) < 4.78 is 0. The minimum Gasteiger partial charge on any atom is -0.404 e. The lowest BCUT2D eigenvalue weighted by Gasteiger charge is -2.11. The average Bonchev–Trinajstić information content (AvgIpc) is 2.66. The molecule has 0 fully saturated rings. The second kappa shape index (κ2) is 7.65. The van der Waals surface area contributed by atoms with Crippen LogP contribution in [0.25, 0.3) is 22.2 Å². The van der Waals surface area contributed by atoms with Gasteiger partial charge in [-0.3, -0.25) is 9.97 Å². The van der Waals surface area contributed by atoms with E-state index in [0.29, 0.717) is 11.6 Å². The molecule has 0 amide bonds. The fraction of sp³-hybridized carbons (Fsp3) is 0.150. The first kappa shape index (κ1) is 17.4. The van der Waals surface area contributed by atoms with E-state index in [-0.39, 0.29) is 5.92 Å². The van der Waals surface area contributed by atoms with Crippen LogP contribution in [-0.4, -0.2) is 15.0 Å². The molecular formula is C20H22N6. The molecule has 0 bridgehead atoms. The third kappa shape index (κ3) is 3.80. The SMILES string of the molecule is CC(C)C(=C/N)/C=C(\N)Nc1ccc2nccc(-c3ccncc3)c2n1. The molecule has 0 aromatic carbocycles. The van der Waals surface area contributed by atoms with E-state index in [2.05, 4.69) is 29.1 Å². The molecule has 3 aromatic rings. The smallest absolute Gasteiger partial charge is 0.132 e. The predicted octanol–water partition coefficient (Wildman–Crippen LogP) is 3.40. The van der Waals surface area contributed by atoms with E-state index in [4.69, 9.17) is 16.5 Å². The van der Waals surface area contributed by atoms with Crippen molar-refractivity contribution in [1.82, 2.24) is 15.0 Å². The lowest BCUT2D eigenvalue weighted by atomic mass is 10.0. The number of fused-ring (bicyclic) bond motifs is 1. The number of aromatic nitrogens is 3. The number of rotatable bonds is 5. The monoisotopic (exact) mass is 346 g/mol. The molecule has 0 saturated carbocycles. The van der Waals surface area contributed by atoms with E-state index in [1.54, 1.807) is 24.8 Å².